The molecule has 2 aromatic rings. The second-order valence-electron chi connectivity index (χ2n) is 4.89. The van der Waals surface area contributed by atoms with Gasteiger partial charge in [0.15, 0.2) is 0 Å². The minimum Gasteiger partial charge on any atom is -0.385 e. The molecule has 96 valence electrons. The third kappa shape index (κ3) is 2.79. The second-order valence-corrected chi connectivity index (χ2v) is 4.89. The first-order valence-corrected chi connectivity index (χ1v) is 6.45. The standard InChI is InChI=1S/C15H20N2O/c1-3-4-9-15(2,18)13-5-7-14(8-6-13)17-11-10-16-12-17/h5-8,10-12,18H,3-4,9H2,1-2H3/t15-/m0/s1. The number of imidazole rings is 1. The van der Waals surface area contributed by atoms with Crippen molar-refractivity contribution in [3.05, 3.63) is 48.5 Å². The van der Waals surface area contributed by atoms with E-state index in [0.29, 0.717) is 0 Å². The fourth-order valence-electron chi connectivity index (χ4n) is 2.07. The van der Waals surface area contributed by atoms with Crippen LogP contribution < -0.4 is 0 Å². The van der Waals surface area contributed by atoms with Gasteiger partial charge in [0.25, 0.3) is 0 Å². The van der Waals surface area contributed by atoms with Crippen LogP contribution in [0.5, 0.6) is 0 Å². The number of benzene rings is 1. The lowest BCUT2D eigenvalue weighted by molar-refractivity contribution is 0.0454. The van der Waals surface area contributed by atoms with Crippen molar-refractivity contribution in [1.29, 1.82) is 0 Å². The first-order chi connectivity index (χ1) is 8.63. The van der Waals surface area contributed by atoms with Gasteiger partial charge in [0.05, 0.1) is 11.9 Å². The summed E-state index contributed by atoms with van der Waals surface area (Å²) >= 11 is 0. The molecule has 0 saturated heterocycles. The smallest absolute Gasteiger partial charge is 0.0991 e. The van der Waals surface area contributed by atoms with Crippen molar-refractivity contribution in [3.63, 3.8) is 0 Å². The Balaban J connectivity index is 2.17. The molecule has 3 nitrogen and oxygen atoms in total. The van der Waals surface area contributed by atoms with E-state index in [0.717, 1.165) is 30.5 Å². The highest BCUT2D eigenvalue weighted by molar-refractivity contribution is 5.36. The Morgan fingerprint density at radius 3 is 2.56 bits per heavy atom. The monoisotopic (exact) mass is 244 g/mol. The Morgan fingerprint density at radius 2 is 2.00 bits per heavy atom. The van der Waals surface area contributed by atoms with Gasteiger partial charge in [-0.3, -0.25) is 0 Å². The van der Waals surface area contributed by atoms with Gasteiger partial charge in [-0.15, -0.1) is 0 Å². The van der Waals surface area contributed by atoms with Crippen molar-refractivity contribution in [2.75, 3.05) is 0 Å². The highest BCUT2D eigenvalue weighted by Crippen LogP contribution is 2.27. The van der Waals surface area contributed by atoms with E-state index in [2.05, 4.69) is 11.9 Å². The molecule has 1 heterocycles. The number of rotatable bonds is 5. The van der Waals surface area contributed by atoms with Gasteiger partial charge in [0.2, 0.25) is 0 Å². The molecule has 0 bridgehead atoms. The van der Waals surface area contributed by atoms with E-state index in [4.69, 9.17) is 0 Å². The van der Waals surface area contributed by atoms with Gasteiger partial charge in [-0.05, 0) is 31.0 Å². The van der Waals surface area contributed by atoms with Gasteiger partial charge >= 0.3 is 0 Å². The summed E-state index contributed by atoms with van der Waals surface area (Å²) in [4.78, 5) is 4.02. The van der Waals surface area contributed by atoms with Crippen LogP contribution in [0.1, 0.15) is 38.7 Å². The van der Waals surface area contributed by atoms with Crippen LogP contribution in [0.3, 0.4) is 0 Å². The first kappa shape index (κ1) is 12.8. The Kier molecular flexibility index (Phi) is 3.82. The lowest BCUT2D eigenvalue weighted by Crippen LogP contribution is -2.20. The van der Waals surface area contributed by atoms with Crippen molar-refractivity contribution in [2.45, 2.75) is 38.7 Å². The highest BCUT2D eigenvalue weighted by Gasteiger charge is 2.21. The van der Waals surface area contributed by atoms with E-state index < -0.39 is 5.60 Å². The fourth-order valence-corrected chi connectivity index (χ4v) is 2.07. The molecular formula is C15H20N2O. The third-order valence-corrected chi connectivity index (χ3v) is 3.31. The van der Waals surface area contributed by atoms with Gasteiger partial charge in [0.1, 0.15) is 0 Å². The third-order valence-electron chi connectivity index (χ3n) is 3.31. The van der Waals surface area contributed by atoms with Crippen molar-refractivity contribution in [2.24, 2.45) is 0 Å². The van der Waals surface area contributed by atoms with Crippen LogP contribution in [0.4, 0.5) is 0 Å². The molecule has 2 rings (SSSR count). The quantitative estimate of drug-likeness (QED) is 0.876. The Bertz CT molecular complexity index is 472. The Morgan fingerprint density at radius 1 is 1.28 bits per heavy atom. The summed E-state index contributed by atoms with van der Waals surface area (Å²) in [5.41, 5.74) is 1.30. The van der Waals surface area contributed by atoms with Crippen LogP contribution in [-0.4, -0.2) is 14.7 Å². The van der Waals surface area contributed by atoms with Gasteiger partial charge in [0, 0.05) is 18.1 Å². The summed E-state index contributed by atoms with van der Waals surface area (Å²) in [5.74, 6) is 0. The molecule has 18 heavy (non-hydrogen) atoms. The normalized spacial score (nSPS) is 14.4. The zero-order valence-electron chi connectivity index (χ0n) is 11.0. The summed E-state index contributed by atoms with van der Waals surface area (Å²) < 4.78 is 1.95. The zero-order chi connectivity index (χ0) is 13.0. The summed E-state index contributed by atoms with van der Waals surface area (Å²) in [5, 5.41) is 10.4. The molecule has 0 aliphatic heterocycles. The highest BCUT2D eigenvalue weighted by atomic mass is 16.3. The van der Waals surface area contributed by atoms with Gasteiger partial charge < -0.3 is 9.67 Å². The van der Waals surface area contributed by atoms with E-state index in [1.165, 1.54) is 0 Å². The van der Waals surface area contributed by atoms with E-state index in [1.807, 2.05) is 42.0 Å². The molecule has 0 radical (unpaired) electrons. The summed E-state index contributed by atoms with van der Waals surface area (Å²) in [6.45, 7) is 4.02. The van der Waals surface area contributed by atoms with Crippen molar-refractivity contribution >= 4 is 0 Å². The van der Waals surface area contributed by atoms with Crippen molar-refractivity contribution in [1.82, 2.24) is 9.55 Å². The van der Waals surface area contributed by atoms with Gasteiger partial charge in [-0.1, -0.05) is 31.9 Å². The maximum absolute atomic E-state index is 10.4. The Hall–Kier alpha value is -1.61. The second kappa shape index (κ2) is 5.36. The molecular weight excluding hydrogens is 224 g/mol. The minimum atomic E-state index is -0.733. The number of aliphatic hydroxyl groups is 1. The molecule has 0 spiro atoms. The molecule has 1 atom stereocenters. The predicted molar refractivity (Wildman–Crippen MR) is 72.7 cm³/mol. The summed E-state index contributed by atoms with van der Waals surface area (Å²) in [6.07, 6.45) is 8.37. The van der Waals surface area contributed by atoms with E-state index in [1.54, 1.807) is 12.5 Å². The maximum atomic E-state index is 10.4. The largest absolute Gasteiger partial charge is 0.385 e. The van der Waals surface area contributed by atoms with Crippen LogP contribution in [0.15, 0.2) is 43.0 Å². The van der Waals surface area contributed by atoms with Crippen LogP contribution >= 0.6 is 0 Å². The number of hydrogen-bond acceptors (Lipinski definition) is 2. The molecule has 3 heteroatoms. The molecule has 0 amide bonds. The lowest BCUT2D eigenvalue weighted by Gasteiger charge is -2.24. The Labute approximate surface area is 108 Å². The summed E-state index contributed by atoms with van der Waals surface area (Å²) in [6, 6.07) is 8.00. The molecule has 0 fully saturated rings. The van der Waals surface area contributed by atoms with Crippen molar-refractivity contribution < 1.29 is 5.11 Å². The molecule has 1 aromatic carbocycles. The molecule has 1 N–H and O–H groups in total. The van der Waals surface area contributed by atoms with E-state index in [-0.39, 0.29) is 0 Å². The fraction of sp³-hybridized carbons (Fsp3) is 0.400. The van der Waals surface area contributed by atoms with Crippen LogP contribution in [0.25, 0.3) is 5.69 Å². The van der Waals surface area contributed by atoms with Crippen molar-refractivity contribution in [3.8, 4) is 5.69 Å². The van der Waals surface area contributed by atoms with Gasteiger partial charge in [-0.2, -0.15) is 0 Å². The van der Waals surface area contributed by atoms with Crippen LogP contribution in [0.2, 0.25) is 0 Å². The van der Waals surface area contributed by atoms with E-state index >= 15 is 0 Å². The topological polar surface area (TPSA) is 38.0 Å². The summed E-state index contributed by atoms with van der Waals surface area (Å²) in [7, 11) is 0. The average molecular weight is 244 g/mol. The number of nitrogens with zero attached hydrogens (tertiary/aromatic N) is 2. The zero-order valence-corrected chi connectivity index (χ0v) is 11.0. The SMILES string of the molecule is CCCC[C@](C)(O)c1ccc(-n2ccnc2)cc1. The predicted octanol–water partition coefficient (Wildman–Crippen LogP) is 3.27. The number of aromatic nitrogens is 2. The molecule has 1 aromatic heterocycles. The molecule has 0 unspecified atom stereocenters. The maximum Gasteiger partial charge on any atom is 0.0991 e. The van der Waals surface area contributed by atoms with Gasteiger partial charge in [-0.25, -0.2) is 4.98 Å². The average Bonchev–Trinajstić information content (AvgIpc) is 2.90. The minimum absolute atomic E-state index is 0.733. The van der Waals surface area contributed by atoms with Crippen LogP contribution in [0, 0.1) is 0 Å². The van der Waals surface area contributed by atoms with E-state index in [9.17, 15) is 5.11 Å². The number of unbranched alkanes of at least 4 members (excludes halogenated alkanes) is 1. The first-order valence-electron chi connectivity index (χ1n) is 6.45. The number of hydrogen-bond donors (Lipinski definition) is 1. The molecule has 0 aliphatic carbocycles. The van der Waals surface area contributed by atoms with Crippen LogP contribution in [-0.2, 0) is 5.60 Å². The lowest BCUT2D eigenvalue weighted by atomic mass is 9.90. The molecule has 0 aliphatic rings. The molecule has 0 saturated carbocycles.